The predicted octanol–water partition coefficient (Wildman–Crippen LogP) is 33.9. The van der Waals surface area contributed by atoms with Crippen molar-refractivity contribution in [1.29, 1.82) is 0 Å². The van der Waals surface area contributed by atoms with E-state index < -0.39 is 0 Å². The fourth-order valence-corrected chi connectivity index (χ4v) is 24.7. The molecule has 594 valence electrons. The molecule has 6 heteroatoms. The lowest BCUT2D eigenvalue weighted by molar-refractivity contribution is 0.660. The Bertz CT molecular complexity index is 8710. The highest BCUT2D eigenvalue weighted by atomic mass is 32.1. The van der Waals surface area contributed by atoms with Crippen molar-refractivity contribution in [3.05, 3.63) is 464 Å². The van der Waals surface area contributed by atoms with E-state index in [0.717, 1.165) is 50.3 Å². The van der Waals surface area contributed by atoms with Gasteiger partial charge in [0, 0.05) is 84.7 Å². The van der Waals surface area contributed by atoms with E-state index in [1.165, 1.54) is 198 Å². The Balaban J connectivity index is 0.000000104. The van der Waals surface area contributed by atoms with Gasteiger partial charge >= 0.3 is 0 Å². The van der Waals surface area contributed by atoms with Crippen LogP contribution in [0.5, 0.6) is 0 Å². The van der Waals surface area contributed by atoms with Crippen LogP contribution in [-0.4, -0.2) is 15.0 Å². The van der Waals surface area contributed by atoms with Gasteiger partial charge in [-0.2, -0.15) is 0 Å². The molecule has 25 aromatic rings. The fourth-order valence-electron chi connectivity index (χ4n) is 21.0. The molecule has 2 aliphatic carbocycles. The first kappa shape index (κ1) is 74.5. The Morgan fingerprint density at radius 2 is 0.457 bits per heavy atom. The molecule has 2 aliphatic rings. The van der Waals surface area contributed by atoms with E-state index in [4.69, 9.17) is 15.0 Å². The van der Waals surface area contributed by atoms with Crippen molar-refractivity contribution < 1.29 is 0 Å². The van der Waals surface area contributed by atoms with Crippen molar-refractivity contribution in [2.24, 2.45) is 0 Å². The zero-order valence-corrected chi connectivity index (χ0v) is 72.0. The largest absolute Gasteiger partial charge is 0.246 e. The first-order valence-electron chi connectivity index (χ1n) is 43.6. The van der Waals surface area contributed by atoms with E-state index in [1.54, 1.807) is 0 Å². The lowest BCUT2D eigenvalue weighted by Gasteiger charge is -2.33. The summed E-state index contributed by atoms with van der Waals surface area (Å²) in [6.45, 7) is 4.66. The number of para-hydroxylation sites is 3. The Labute approximate surface area is 746 Å². The smallest absolute Gasteiger partial charge is 0.0888 e. The highest BCUT2D eigenvalue weighted by Crippen LogP contribution is 2.58. The van der Waals surface area contributed by atoms with Crippen molar-refractivity contribution in [1.82, 2.24) is 15.0 Å². The molecule has 19 aromatic carbocycles. The van der Waals surface area contributed by atoms with E-state index in [1.807, 2.05) is 34.0 Å². The van der Waals surface area contributed by atoms with Crippen LogP contribution in [0.2, 0.25) is 0 Å². The van der Waals surface area contributed by atoms with Crippen LogP contribution in [0.3, 0.4) is 0 Å². The molecule has 0 unspecified atom stereocenters. The molecule has 6 aromatic heterocycles. The summed E-state index contributed by atoms with van der Waals surface area (Å²) >= 11 is 5.52. The van der Waals surface area contributed by atoms with E-state index >= 15 is 0 Å². The maximum Gasteiger partial charge on any atom is 0.0888 e. The number of pyridine rings is 3. The van der Waals surface area contributed by atoms with Crippen LogP contribution in [0.15, 0.2) is 431 Å². The average Bonchev–Trinajstić information content (AvgIpc) is 1.50. The number of rotatable bonds is 8. The van der Waals surface area contributed by atoms with Gasteiger partial charge in [0.2, 0.25) is 0 Å². The van der Waals surface area contributed by atoms with Crippen LogP contribution in [0.25, 0.3) is 215 Å². The van der Waals surface area contributed by atoms with Gasteiger partial charge in [-0.15, -0.1) is 34.0 Å². The molecule has 0 bridgehead atoms. The van der Waals surface area contributed by atoms with Crippen LogP contribution >= 0.6 is 34.0 Å². The van der Waals surface area contributed by atoms with Crippen molar-refractivity contribution in [3.8, 4) is 89.4 Å². The van der Waals surface area contributed by atoms with Crippen LogP contribution in [0.1, 0.15) is 47.2 Å². The zero-order chi connectivity index (χ0) is 84.0. The topological polar surface area (TPSA) is 38.7 Å². The summed E-state index contributed by atoms with van der Waals surface area (Å²) in [6.07, 6.45) is 0. The third-order valence-electron chi connectivity index (χ3n) is 26.9. The monoisotopic (exact) mass is 1670 g/mol. The molecule has 0 atom stereocenters. The van der Waals surface area contributed by atoms with Crippen molar-refractivity contribution in [2.75, 3.05) is 0 Å². The summed E-state index contributed by atoms with van der Waals surface area (Å²) in [7, 11) is 0. The predicted molar refractivity (Wildman–Crippen MR) is 544 cm³/mol. The van der Waals surface area contributed by atoms with Crippen molar-refractivity contribution in [3.63, 3.8) is 0 Å². The average molecular weight is 1670 g/mol. The molecule has 0 aliphatic heterocycles. The van der Waals surface area contributed by atoms with E-state index in [9.17, 15) is 0 Å². The van der Waals surface area contributed by atoms with Gasteiger partial charge in [-0.05, 0) is 176 Å². The molecule has 0 spiro atoms. The Morgan fingerprint density at radius 3 is 0.874 bits per heavy atom. The van der Waals surface area contributed by atoms with Crippen molar-refractivity contribution in [2.45, 2.75) is 24.7 Å². The number of hydrogen-bond donors (Lipinski definition) is 0. The number of aromatic nitrogens is 3. The molecule has 0 saturated carbocycles. The molecule has 0 amide bonds. The molecular formula is C121H77N3S3. The van der Waals surface area contributed by atoms with Gasteiger partial charge in [0.25, 0.3) is 0 Å². The molecule has 127 heavy (non-hydrogen) atoms. The minimum Gasteiger partial charge on any atom is -0.246 e. The summed E-state index contributed by atoms with van der Waals surface area (Å²) in [5.41, 5.74) is 30.1. The van der Waals surface area contributed by atoms with Gasteiger partial charge in [-0.1, -0.05) is 390 Å². The maximum atomic E-state index is 5.23. The molecule has 27 rings (SSSR count). The normalized spacial score (nSPS) is 12.9. The molecule has 6 heterocycles. The van der Waals surface area contributed by atoms with E-state index in [0.29, 0.717) is 0 Å². The molecule has 0 saturated heterocycles. The lowest BCUT2D eigenvalue weighted by Crippen LogP contribution is -2.28. The number of thiophene rings is 3. The number of benzene rings is 19. The number of hydrogen-bond acceptors (Lipinski definition) is 6. The zero-order valence-electron chi connectivity index (χ0n) is 69.6. The number of fused-ring (bicyclic) bond motifs is 27. The second-order valence-corrected chi connectivity index (χ2v) is 37.3. The second kappa shape index (κ2) is 29.8. The maximum absolute atomic E-state index is 5.23. The van der Waals surface area contributed by atoms with Crippen LogP contribution < -0.4 is 0 Å². The summed E-state index contributed by atoms with van der Waals surface area (Å²) in [5.74, 6) is 0. The summed E-state index contributed by atoms with van der Waals surface area (Å²) in [6, 6.07) is 157. The van der Waals surface area contributed by atoms with Gasteiger partial charge in [-0.25, -0.2) is 15.0 Å². The Morgan fingerprint density at radius 1 is 0.189 bits per heavy atom. The minimum atomic E-state index is -0.381. The van der Waals surface area contributed by atoms with Crippen molar-refractivity contribution >= 4 is 160 Å². The summed E-state index contributed by atoms with van der Waals surface area (Å²) in [4.78, 5) is 15.6. The van der Waals surface area contributed by atoms with E-state index in [2.05, 4.69) is 445 Å². The quantitative estimate of drug-likeness (QED) is 0.142. The van der Waals surface area contributed by atoms with Gasteiger partial charge in [0.15, 0.2) is 0 Å². The molecule has 0 radical (unpaired) electrons. The summed E-state index contributed by atoms with van der Waals surface area (Å²) in [5, 5.41) is 19.3. The van der Waals surface area contributed by atoms with Gasteiger partial charge < -0.3 is 0 Å². The van der Waals surface area contributed by atoms with Gasteiger partial charge in [-0.3, -0.25) is 0 Å². The third-order valence-corrected chi connectivity index (χ3v) is 30.4. The first-order valence-corrected chi connectivity index (χ1v) is 46.0. The van der Waals surface area contributed by atoms with E-state index in [-0.39, 0.29) is 10.8 Å². The standard InChI is InChI=1S/C46H29NS.C39H23NS.C36H25NS/c1-3-13-33(14-4-1)46(34-15-5-2-6-16-34)39-20-10-7-17-35(39)38-29-32(27-28-40(38)46)30-23-25-31(26-24-30)44-45-43(36-18-8-11-21-41(36)47-44)37-19-9-12-22-42(37)48-45;1-2-11-29-27(9-1)28-10-3-4-12-30(28)34-23-26(21-22-31(29)34)24-17-19-25(20-18-24)38-39-37(32-13-5-7-15-35(32)40-38)33-14-6-8-16-36(33)41-39;1-36(2)29-12-6-3-9-25(29)28-21-24(19-20-30(28)36)22-15-17-23(18-16-22)34-35-33(26-10-4-7-13-31(26)37-34)27-11-5-8-14-32(27)38-35/h1-29H;1-23H;3-21H,1-2H3. The lowest BCUT2D eigenvalue weighted by atomic mass is 9.67. The van der Waals surface area contributed by atoms with Crippen LogP contribution in [0.4, 0.5) is 0 Å². The highest BCUT2D eigenvalue weighted by Gasteiger charge is 2.46. The Hall–Kier alpha value is -15.2. The molecule has 0 N–H and O–H groups in total. The van der Waals surface area contributed by atoms with Crippen LogP contribution in [-0.2, 0) is 10.8 Å². The SMILES string of the molecule is CC1(C)c2ccccc2-c2cc(-c3ccc(-c4nc5ccccc5c5c4sc4ccccc45)cc3)ccc21.c1ccc(C2(c3ccccc3)c3ccccc3-c3cc(-c4ccc(-c5nc6ccccc6c6c5sc5ccccc56)cc4)ccc32)cc1.c1ccc2c(c1)nc(-c1ccc(-c3ccc4c5ccccc5c5ccccc5c4c3)cc1)c1sc3ccccc3c12. The number of nitrogens with zero attached hydrogens (tertiary/aromatic N) is 3. The van der Waals surface area contributed by atoms with Gasteiger partial charge in [0.05, 0.1) is 53.1 Å². The summed E-state index contributed by atoms with van der Waals surface area (Å²) < 4.78 is 7.66. The first-order chi connectivity index (χ1) is 62.7. The minimum absolute atomic E-state index is 0.0334. The molecule has 0 fully saturated rings. The van der Waals surface area contributed by atoms with Gasteiger partial charge in [0.1, 0.15) is 0 Å². The molecule has 3 nitrogen and oxygen atoms in total. The Kier molecular flexibility index (Phi) is 17.5. The third kappa shape index (κ3) is 11.9. The second-order valence-electron chi connectivity index (χ2n) is 34.1. The highest BCUT2D eigenvalue weighted by molar-refractivity contribution is 7.27. The van der Waals surface area contributed by atoms with Crippen LogP contribution in [0, 0.1) is 0 Å². The molecular weight excluding hydrogens is 1590 g/mol. The fraction of sp³-hybridized carbons (Fsp3) is 0.0331.